The Morgan fingerprint density at radius 2 is 1.59 bits per heavy atom. The van der Waals surface area contributed by atoms with Gasteiger partial charge in [0.25, 0.3) is 5.91 Å². The van der Waals surface area contributed by atoms with Gasteiger partial charge < -0.3 is 14.4 Å². The molecular formula is C24H32Cl2N4O5S2. The predicted octanol–water partition coefficient (Wildman–Crippen LogP) is 3.86. The monoisotopic (exact) mass is 590 g/mol. The molecule has 0 atom stereocenters. The summed E-state index contributed by atoms with van der Waals surface area (Å²) in [6.07, 6.45) is 0. The zero-order valence-electron chi connectivity index (χ0n) is 21.2. The molecule has 0 saturated heterocycles. The first kappa shape index (κ1) is 31.4. The molecule has 9 nitrogen and oxygen atoms in total. The first-order valence-corrected chi connectivity index (χ1v) is 13.9. The highest BCUT2D eigenvalue weighted by molar-refractivity contribution is 7.89. The van der Waals surface area contributed by atoms with Gasteiger partial charge in [0.1, 0.15) is 0 Å². The molecule has 1 heterocycles. The van der Waals surface area contributed by atoms with Gasteiger partial charge in [0.15, 0.2) is 5.13 Å². The number of methoxy groups -OCH3 is 2. The molecule has 3 aromatic rings. The van der Waals surface area contributed by atoms with Crippen LogP contribution < -0.4 is 4.90 Å². The van der Waals surface area contributed by atoms with E-state index in [-0.39, 0.29) is 49.5 Å². The predicted molar refractivity (Wildman–Crippen MR) is 151 cm³/mol. The summed E-state index contributed by atoms with van der Waals surface area (Å²) in [6.45, 7) is 1.96. The molecule has 13 heteroatoms. The number of ether oxygens (including phenoxy) is 2. The third-order valence-electron chi connectivity index (χ3n) is 5.41. The lowest BCUT2D eigenvalue weighted by atomic mass is 10.2. The topological polar surface area (TPSA) is 92.3 Å². The van der Waals surface area contributed by atoms with Crippen molar-refractivity contribution < 1.29 is 22.7 Å². The first-order valence-electron chi connectivity index (χ1n) is 11.3. The Hall–Kier alpha value is -1.83. The zero-order chi connectivity index (χ0) is 26.3. The van der Waals surface area contributed by atoms with Crippen LogP contribution >= 0.6 is 35.3 Å². The van der Waals surface area contributed by atoms with E-state index in [9.17, 15) is 13.2 Å². The maximum absolute atomic E-state index is 13.5. The normalized spacial score (nSPS) is 11.8. The number of carbonyl (C=O) groups is 1. The Kier molecular flexibility index (Phi) is 12.2. The van der Waals surface area contributed by atoms with Gasteiger partial charge in [0.2, 0.25) is 10.0 Å². The highest BCUT2D eigenvalue weighted by Gasteiger charge is 2.26. The van der Waals surface area contributed by atoms with Crippen LogP contribution in [0.2, 0.25) is 5.02 Å². The second-order valence-electron chi connectivity index (χ2n) is 8.28. The fourth-order valence-electron chi connectivity index (χ4n) is 3.40. The van der Waals surface area contributed by atoms with Crippen molar-refractivity contribution in [2.75, 3.05) is 72.6 Å². The Labute approximate surface area is 233 Å². The minimum absolute atomic E-state index is 0. The number of amides is 1. The molecule has 1 aromatic heterocycles. The van der Waals surface area contributed by atoms with Crippen LogP contribution in [0.5, 0.6) is 0 Å². The molecule has 0 saturated carbocycles. The summed E-state index contributed by atoms with van der Waals surface area (Å²) >= 11 is 7.51. The van der Waals surface area contributed by atoms with Crippen LogP contribution in [0.25, 0.3) is 10.2 Å². The van der Waals surface area contributed by atoms with Crippen molar-refractivity contribution >= 4 is 66.6 Å². The van der Waals surface area contributed by atoms with Gasteiger partial charge in [-0.05, 0) is 56.6 Å². The van der Waals surface area contributed by atoms with E-state index in [0.29, 0.717) is 28.8 Å². The molecule has 0 aliphatic carbocycles. The van der Waals surface area contributed by atoms with Crippen LogP contribution in [0.4, 0.5) is 5.13 Å². The van der Waals surface area contributed by atoms with Crippen LogP contribution in [0.15, 0.2) is 47.4 Å². The summed E-state index contributed by atoms with van der Waals surface area (Å²) < 4.78 is 38.7. The fourth-order valence-corrected chi connectivity index (χ4v) is 6.07. The van der Waals surface area contributed by atoms with Crippen molar-refractivity contribution in [3.63, 3.8) is 0 Å². The Balaban J connectivity index is 0.00000481. The molecule has 0 N–H and O–H groups in total. The Morgan fingerprint density at radius 3 is 2.16 bits per heavy atom. The number of hydrogen-bond acceptors (Lipinski definition) is 8. The molecule has 0 spiro atoms. The van der Waals surface area contributed by atoms with Crippen molar-refractivity contribution in [2.24, 2.45) is 0 Å². The molecule has 0 aliphatic rings. The summed E-state index contributed by atoms with van der Waals surface area (Å²) in [4.78, 5) is 21.9. The Bertz CT molecular complexity index is 1260. The molecule has 204 valence electrons. The highest BCUT2D eigenvalue weighted by atomic mass is 35.5. The van der Waals surface area contributed by atoms with Crippen LogP contribution in [0, 0.1) is 0 Å². The summed E-state index contributed by atoms with van der Waals surface area (Å²) in [5.74, 6) is -0.262. The fraction of sp³-hybridized carbons (Fsp3) is 0.417. The quantitative estimate of drug-likeness (QED) is 0.298. The maximum Gasteiger partial charge on any atom is 0.260 e. The average Bonchev–Trinajstić information content (AvgIpc) is 3.26. The third kappa shape index (κ3) is 8.08. The van der Waals surface area contributed by atoms with E-state index in [1.165, 1.54) is 54.1 Å². The summed E-state index contributed by atoms with van der Waals surface area (Å²) in [6, 6.07) is 11.4. The number of carbonyl (C=O) groups excluding carboxylic acids is 1. The van der Waals surface area contributed by atoms with Crippen LogP contribution in [-0.2, 0) is 19.5 Å². The lowest BCUT2D eigenvalue weighted by Gasteiger charge is -2.23. The third-order valence-corrected chi connectivity index (χ3v) is 8.60. The van der Waals surface area contributed by atoms with Gasteiger partial charge in [0.05, 0.1) is 28.3 Å². The van der Waals surface area contributed by atoms with Crippen LogP contribution in [0.3, 0.4) is 0 Å². The molecule has 0 unspecified atom stereocenters. The molecule has 3 rings (SSSR count). The lowest BCUT2D eigenvalue weighted by Crippen LogP contribution is -2.37. The number of benzene rings is 2. The number of hydrogen-bond donors (Lipinski definition) is 0. The number of aromatic nitrogens is 1. The van der Waals surface area contributed by atoms with Gasteiger partial charge in [-0.25, -0.2) is 13.4 Å². The first-order chi connectivity index (χ1) is 17.2. The van der Waals surface area contributed by atoms with Gasteiger partial charge in [-0.3, -0.25) is 9.69 Å². The largest absolute Gasteiger partial charge is 0.383 e. The average molecular weight is 592 g/mol. The van der Waals surface area contributed by atoms with E-state index >= 15 is 0 Å². The Morgan fingerprint density at radius 1 is 0.973 bits per heavy atom. The number of rotatable bonds is 13. The molecule has 0 fully saturated rings. The van der Waals surface area contributed by atoms with E-state index in [2.05, 4.69) is 4.98 Å². The lowest BCUT2D eigenvalue weighted by molar-refractivity contribution is 0.0985. The molecule has 1 amide bonds. The summed E-state index contributed by atoms with van der Waals surface area (Å²) in [5.41, 5.74) is 1.13. The minimum Gasteiger partial charge on any atom is -0.383 e. The van der Waals surface area contributed by atoms with Gasteiger partial charge in [-0.15, -0.1) is 12.4 Å². The number of anilines is 1. The maximum atomic E-state index is 13.5. The van der Waals surface area contributed by atoms with Gasteiger partial charge in [-0.1, -0.05) is 22.9 Å². The van der Waals surface area contributed by atoms with Crippen LogP contribution in [0.1, 0.15) is 10.4 Å². The van der Waals surface area contributed by atoms with Crippen molar-refractivity contribution in [3.05, 3.63) is 53.1 Å². The van der Waals surface area contributed by atoms with Crippen LogP contribution in [-0.4, -0.2) is 96.2 Å². The van der Waals surface area contributed by atoms with Crippen molar-refractivity contribution in [3.8, 4) is 0 Å². The van der Waals surface area contributed by atoms with E-state index in [1.54, 1.807) is 11.0 Å². The molecule has 0 bridgehead atoms. The molecule has 2 aromatic carbocycles. The van der Waals surface area contributed by atoms with E-state index in [0.717, 1.165) is 10.2 Å². The number of sulfonamides is 1. The van der Waals surface area contributed by atoms with Crippen molar-refractivity contribution in [2.45, 2.75) is 4.90 Å². The van der Waals surface area contributed by atoms with E-state index in [1.807, 2.05) is 31.1 Å². The molecule has 37 heavy (non-hydrogen) atoms. The number of fused-ring (bicyclic) bond motifs is 1. The molecular weight excluding hydrogens is 559 g/mol. The van der Waals surface area contributed by atoms with Crippen molar-refractivity contribution in [1.82, 2.24) is 14.2 Å². The number of nitrogens with zero attached hydrogens (tertiary/aromatic N) is 4. The minimum atomic E-state index is -3.78. The SMILES string of the molecule is COCCN(CCOC)S(=O)(=O)c1ccc(C(=O)N(CCN(C)C)c2nc3ccc(Cl)cc3s2)cc1.Cl. The number of likely N-dealkylation sites (N-methyl/N-ethyl adjacent to an activating group) is 1. The van der Waals surface area contributed by atoms with E-state index < -0.39 is 10.0 Å². The smallest absolute Gasteiger partial charge is 0.260 e. The highest BCUT2D eigenvalue weighted by Crippen LogP contribution is 2.31. The van der Waals surface area contributed by atoms with E-state index in [4.69, 9.17) is 21.1 Å². The zero-order valence-corrected chi connectivity index (χ0v) is 24.4. The number of thiazole rings is 1. The number of halogens is 2. The van der Waals surface area contributed by atoms with Crippen molar-refractivity contribution in [1.29, 1.82) is 0 Å². The van der Waals surface area contributed by atoms with Gasteiger partial charge in [0, 0.05) is 51.0 Å². The van der Waals surface area contributed by atoms with Gasteiger partial charge >= 0.3 is 0 Å². The molecule has 0 aliphatic heterocycles. The summed E-state index contributed by atoms with van der Waals surface area (Å²) in [5, 5.41) is 1.16. The summed E-state index contributed by atoms with van der Waals surface area (Å²) in [7, 11) is 3.11. The van der Waals surface area contributed by atoms with Gasteiger partial charge in [-0.2, -0.15) is 4.31 Å². The molecule has 0 radical (unpaired) electrons. The second kappa shape index (κ2) is 14.4. The second-order valence-corrected chi connectivity index (χ2v) is 11.7. The standard InChI is InChI=1S/C24H31ClN4O5S2.ClH/c1-27(2)11-12-29(24-26-21-10-7-19(25)17-22(21)35-24)23(30)18-5-8-20(9-6-18)36(31,32)28(13-15-33-3)14-16-34-4;/h5-10,17H,11-16H2,1-4H3;1H.